The molecule has 1 heterocycles. The number of fused-ring (bicyclic) bond motifs is 1. The van der Waals surface area contributed by atoms with E-state index in [9.17, 15) is 4.79 Å². The van der Waals surface area contributed by atoms with Crippen molar-refractivity contribution in [2.45, 2.75) is 13.3 Å². The van der Waals surface area contributed by atoms with Crippen LogP contribution < -0.4 is 5.56 Å². The Kier molecular flexibility index (Phi) is 4.31. The minimum Gasteiger partial charge on any atom is -0.267 e. The number of nitrogens with zero attached hydrogens (tertiary/aromatic N) is 2. The monoisotopic (exact) mass is 360 g/mol. The summed E-state index contributed by atoms with van der Waals surface area (Å²) in [7, 11) is 0. The highest BCUT2D eigenvalue weighted by Crippen LogP contribution is 2.28. The minimum absolute atomic E-state index is 0.164. The topological polar surface area (TPSA) is 34.9 Å². The molecule has 3 nitrogen and oxygen atoms in total. The van der Waals surface area contributed by atoms with E-state index in [4.69, 9.17) is 16.7 Å². The molecule has 0 aliphatic carbocycles. The molecule has 0 saturated carbocycles. The van der Waals surface area contributed by atoms with Crippen LogP contribution in [-0.4, -0.2) is 9.78 Å². The van der Waals surface area contributed by atoms with Crippen molar-refractivity contribution in [1.82, 2.24) is 9.78 Å². The lowest BCUT2D eigenvalue weighted by Gasteiger charge is -2.15. The molecule has 0 N–H and O–H groups in total. The molecule has 128 valence electrons. The van der Waals surface area contributed by atoms with E-state index in [0.29, 0.717) is 16.1 Å². The molecule has 0 aliphatic heterocycles. The molecule has 3 aromatic carbocycles. The lowest BCUT2D eigenvalue weighted by atomic mass is 10.0. The first kappa shape index (κ1) is 16.6. The fraction of sp³-hybridized carbons (Fsp3) is 0.0909. The molecule has 0 bridgehead atoms. The van der Waals surface area contributed by atoms with Crippen LogP contribution in [0.5, 0.6) is 0 Å². The second kappa shape index (κ2) is 6.77. The van der Waals surface area contributed by atoms with Crippen molar-refractivity contribution in [3.8, 4) is 16.9 Å². The van der Waals surface area contributed by atoms with Gasteiger partial charge in [0.25, 0.3) is 5.56 Å². The third kappa shape index (κ3) is 2.71. The van der Waals surface area contributed by atoms with Crippen LogP contribution in [0.15, 0.2) is 77.6 Å². The van der Waals surface area contributed by atoms with Gasteiger partial charge in [0.1, 0.15) is 0 Å². The van der Waals surface area contributed by atoms with Gasteiger partial charge in [0.2, 0.25) is 0 Å². The third-order valence-corrected chi connectivity index (χ3v) is 4.82. The molecule has 0 unspecified atom stereocenters. The Bertz CT molecular complexity index is 1150. The van der Waals surface area contributed by atoms with Gasteiger partial charge in [0.05, 0.1) is 21.8 Å². The average molecular weight is 361 g/mol. The molecule has 4 aromatic rings. The van der Waals surface area contributed by atoms with Crippen LogP contribution in [0.4, 0.5) is 0 Å². The molecule has 4 rings (SSSR count). The van der Waals surface area contributed by atoms with E-state index in [2.05, 4.69) is 0 Å². The van der Waals surface area contributed by atoms with Crippen molar-refractivity contribution in [2.75, 3.05) is 0 Å². The maximum absolute atomic E-state index is 13.2. The summed E-state index contributed by atoms with van der Waals surface area (Å²) in [6.45, 7) is 2.04. The summed E-state index contributed by atoms with van der Waals surface area (Å²) >= 11 is 6.46. The summed E-state index contributed by atoms with van der Waals surface area (Å²) in [5.41, 5.74) is 3.21. The van der Waals surface area contributed by atoms with Crippen LogP contribution in [0, 0.1) is 0 Å². The van der Waals surface area contributed by atoms with E-state index in [1.165, 1.54) is 4.68 Å². The standard InChI is InChI=1S/C22H17ClN2O/c1-2-15-11-8-14-19(23)21(15)25-22(26)18-13-7-6-12-17(18)20(24-25)16-9-4-3-5-10-16/h3-14H,2H2,1H3. The van der Waals surface area contributed by atoms with Crippen molar-refractivity contribution in [3.05, 3.63) is 93.7 Å². The molecule has 0 atom stereocenters. The van der Waals surface area contributed by atoms with Crippen LogP contribution in [-0.2, 0) is 6.42 Å². The van der Waals surface area contributed by atoms with Crippen LogP contribution >= 0.6 is 11.6 Å². The highest BCUT2D eigenvalue weighted by molar-refractivity contribution is 6.32. The van der Waals surface area contributed by atoms with Gasteiger partial charge >= 0.3 is 0 Å². The van der Waals surface area contributed by atoms with E-state index < -0.39 is 0 Å². The van der Waals surface area contributed by atoms with Gasteiger partial charge in [-0.1, -0.05) is 79.2 Å². The maximum Gasteiger partial charge on any atom is 0.279 e. The van der Waals surface area contributed by atoms with Gasteiger partial charge in [-0.3, -0.25) is 4.79 Å². The number of hydrogen-bond acceptors (Lipinski definition) is 2. The fourth-order valence-corrected chi connectivity index (χ4v) is 3.51. The highest BCUT2D eigenvalue weighted by Gasteiger charge is 2.16. The SMILES string of the molecule is CCc1cccc(Cl)c1-n1nc(-c2ccccc2)c2ccccc2c1=O. The Morgan fingerprint density at radius 1 is 0.885 bits per heavy atom. The zero-order chi connectivity index (χ0) is 18.1. The summed E-state index contributed by atoms with van der Waals surface area (Å²) in [6.07, 6.45) is 0.761. The van der Waals surface area contributed by atoms with Gasteiger partial charge in [-0.15, -0.1) is 0 Å². The van der Waals surface area contributed by atoms with E-state index in [1.807, 2.05) is 73.7 Å². The number of para-hydroxylation sites is 1. The Labute approximate surface area is 156 Å². The zero-order valence-electron chi connectivity index (χ0n) is 14.3. The summed E-state index contributed by atoms with van der Waals surface area (Å²) in [4.78, 5) is 13.2. The smallest absolute Gasteiger partial charge is 0.267 e. The summed E-state index contributed by atoms with van der Waals surface area (Å²) in [6, 6.07) is 23.1. The van der Waals surface area contributed by atoms with Gasteiger partial charge < -0.3 is 0 Å². The molecule has 0 fully saturated rings. The number of rotatable bonds is 3. The van der Waals surface area contributed by atoms with E-state index in [0.717, 1.165) is 28.6 Å². The number of aromatic nitrogens is 2. The Hall–Kier alpha value is -2.91. The van der Waals surface area contributed by atoms with Gasteiger partial charge in [-0.05, 0) is 24.1 Å². The average Bonchev–Trinajstić information content (AvgIpc) is 2.69. The molecular formula is C22H17ClN2O. The molecule has 0 aliphatic rings. The molecule has 0 radical (unpaired) electrons. The second-order valence-electron chi connectivity index (χ2n) is 6.08. The van der Waals surface area contributed by atoms with Gasteiger partial charge in [-0.2, -0.15) is 9.78 Å². The third-order valence-electron chi connectivity index (χ3n) is 4.52. The lowest BCUT2D eigenvalue weighted by Crippen LogP contribution is -2.23. The molecule has 4 heteroatoms. The first-order valence-electron chi connectivity index (χ1n) is 8.56. The minimum atomic E-state index is -0.164. The van der Waals surface area contributed by atoms with Crippen molar-refractivity contribution >= 4 is 22.4 Å². The summed E-state index contributed by atoms with van der Waals surface area (Å²) in [5.74, 6) is 0. The van der Waals surface area contributed by atoms with Gasteiger partial charge in [-0.25, -0.2) is 0 Å². The van der Waals surface area contributed by atoms with Crippen LogP contribution in [0.3, 0.4) is 0 Å². The first-order valence-corrected chi connectivity index (χ1v) is 8.93. The molecule has 1 aromatic heterocycles. The maximum atomic E-state index is 13.2. The van der Waals surface area contributed by atoms with E-state index in [1.54, 1.807) is 6.07 Å². The Morgan fingerprint density at radius 2 is 1.58 bits per heavy atom. The molecular weight excluding hydrogens is 344 g/mol. The number of hydrogen-bond donors (Lipinski definition) is 0. The normalized spacial score (nSPS) is 11.0. The predicted octanol–water partition coefficient (Wildman–Crippen LogP) is 5.27. The highest BCUT2D eigenvalue weighted by atomic mass is 35.5. The van der Waals surface area contributed by atoms with Crippen LogP contribution in [0.1, 0.15) is 12.5 Å². The zero-order valence-corrected chi connectivity index (χ0v) is 15.1. The number of benzene rings is 3. The fourth-order valence-electron chi connectivity index (χ4n) is 3.23. The molecule has 0 spiro atoms. The Morgan fingerprint density at radius 3 is 2.31 bits per heavy atom. The summed E-state index contributed by atoms with van der Waals surface area (Å²) in [5, 5.41) is 6.72. The van der Waals surface area contributed by atoms with Crippen LogP contribution in [0.25, 0.3) is 27.7 Å². The quantitative estimate of drug-likeness (QED) is 0.499. The van der Waals surface area contributed by atoms with Gasteiger partial charge in [0, 0.05) is 10.9 Å². The molecule has 0 amide bonds. The van der Waals surface area contributed by atoms with Crippen molar-refractivity contribution < 1.29 is 0 Å². The Balaban J connectivity index is 2.13. The largest absolute Gasteiger partial charge is 0.279 e. The van der Waals surface area contributed by atoms with Crippen molar-refractivity contribution in [1.29, 1.82) is 0 Å². The molecule has 0 saturated heterocycles. The lowest BCUT2D eigenvalue weighted by molar-refractivity contribution is 0.813. The van der Waals surface area contributed by atoms with Crippen LogP contribution in [0.2, 0.25) is 5.02 Å². The van der Waals surface area contributed by atoms with E-state index >= 15 is 0 Å². The number of aryl methyl sites for hydroxylation is 1. The molecule has 26 heavy (non-hydrogen) atoms. The van der Waals surface area contributed by atoms with Crippen molar-refractivity contribution in [3.63, 3.8) is 0 Å². The predicted molar refractivity (Wildman–Crippen MR) is 107 cm³/mol. The number of halogens is 1. The summed E-state index contributed by atoms with van der Waals surface area (Å²) < 4.78 is 1.45. The van der Waals surface area contributed by atoms with Crippen molar-refractivity contribution in [2.24, 2.45) is 0 Å². The second-order valence-corrected chi connectivity index (χ2v) is 6.49. The first-order chi connectivity index (χ1) is 12.7. The van der Waals surface area contributed by atoms with Gasteiger partial charge in [0.15, 0.2) is 0 Å². The van der Waals surface area contributed by atoms with E-state index in [-0.39, 0.29) is 5.56 Å².